The summed E-state index contributed by atoms with van der Waals surface area (Å²) in [4.78, 5) is 6.81. The summed E-state index contributed by atoms with van der Waals surface area (Å²) >= 11 is 0. The van der Waals surface area contributed by atoms with Gasteiger partial charge in [-0.25, -0.2) is 4.98 Å². The third kappa shape index (κ3) is 3.43. The number of morpholine rings is 1. The van der Waals surface area contributed by atoms with E-state index in [2.05, 4.69) is 41.2 Å². The van der Waals surface area contributed by atoms with Crippen molar-refractivity contribution < 1.29 is 4.74 Å². The molecule has 1 aromatic rings. The Balaban J connectivity index is 2.01. The molecule has 0 aliphatic carbocycles. The highest BCUT2D eigenvalue weighted by molar-refractivity contribution is 5.42. The van der Waals surface area contributed by atoms with Crippen molar-refractivity contribution in [3.8, 4) is 0 Å². The molecule has 1 atom stereocenters. The van der Waals surface area contributed by atoms with E-state index in [0.717, 1.165) is 38.7 Å². The molecule has 4 heteroatoms. The number of nitrogens with one attached hydrogen (secondary N) is 1. The molecule has 2 heterocycles. The zero-order valence-corrected chi connectivity index (χ0v) is 11.4. The van der Waals surface area contributed by atoms with Crippen molar-refractivity contribution in [2.45, 2.75) is 32.9 Å². The van der Waals surface area contributed by atoms with E-state index in [4.69, 9.17) is 4.74 Å². The van der Waals surface area contributed by atoms with Crippen LogP contribution in [-0.4, -0.2) is 37.3 Å². The zero-order valence-electron chi connectivity index (χ0n) is 11.4. The first-order valence-electron chi connectivity index (χ1n) is 6.81. The molecule has 0 amide bonds. The molecule has 0 aromatic carbocycles. The van der Waals surface area contributed by atoms with Gasteiger partial charge in [-0.3, -0.25) is 0 Å². The molecular weight excluding hydrogens is 226 g/mol. The van der Waals surface area contributed by atoms with Crippen LogP contribution in [0, 0.1) is 0 Å². The third-order valence-electron chi connectivity index (χ3n) is 3.23. The zero-order chi connectivity index (χ0) is 12.8. The number of rotatable bonds is 5. The van der Waals surface area contributed by atoms with Crippen molar-refractivity contribution in [1.82, 2.24) is 10.3 Å². The van der Waals surface area contributed by atoms with Crippen molar-refractivity contribution in [1.29, 1.82) is 0 Å². The summed E-state index contributed by atoms with van der Waals surface area (Å²) in [5.41, 5.74) is 1.30. The number of ether oxygens (including phenoxy) is 1. The SMILES string of the molecule is CCCNCc1ccnc(N2CCOCC2C)c1. The number of hydrogen-bond acceptors (Lipinski definition) is 4. The normalized spacial score (nSPS) is 20.1. The van der Waals surface area contributed by atoms with Gasteiger partial charge in [-0.15, -0.1) is 0 Å². The molecule has 1 fully saturated rings. The highest BCUT2D eigenvalue weighted by Crippen LogP contribution is 2.18. The second kappa shape index (κ2) is 6.71. The van der Waals surface area contributed by atoms with Crippen molar-refractivity contribution >= 4 is 5.82 Å². The third-order valence-corrected chi connectivity index (χ3v) is 3.23. The predicted molar refractivity (Wildman–Crippen MR) is 73.9 cm³/mol. The minimum Gasteiger partial charge on any atom is -0.377 e. The number of nitrogens with zero attached hydrogens (tertiary/aromatic N) is 2. The van der Waals surface area contributed by atoms with Gasteiger partial charge in [-0.05, 0) is 37.6 Å². The van der Waals surface area contributed by atoms with E-state index in [0.29, 0.717) is 6.04 Å². The molecule has 1 aliphatic rings. The molecule has 1 unspecified atom stereocenters. The second-order valence-electron chi connectivity index (χ2n) is 4.82. The van der Waals surface area contributed by atoms with Crippen LogP contribution in [0.25, 0.3) is 0 Å². The number of hydrogen-bond donors (Lipinski definition) is 1. The number of aromatic nitrogens is 1. The first-order valence-corrected chi connectivity index (χ1v) is 6.81. The van der Waals surface area contributed by atoms with Crippen LogP contribution in [0.3, 0.4) is 0 Å². The lowest BCUT2D eigenvalue weighted by atomic mass is 10.2. The van der Waals surface area contributed by atoms with Gasteiger partial charge >= 0.3 is 0 Å². The monoisotopic (exact) mass is 249 g/mol. The summed E-state index contributed by atoms with van der Waals surface area (Å²) in [6.07, 6.45) is 3.07. The van der Waals surface area contributed by atoms with Crippen LogP contribution in [-0.2, 0) is 11.3 Å². The molecule has 18 heavy (non-hydrogen) atoms. The number of anilines is 1. The van der Waals surface area contributed by atoms with Crippen molar-refractivity contribution in [3.63, 3.8) is 0 Å². The Kier molecular flexibility index (Phi) is 4.96. The van der Waals surface area contributed by atoms with E-state index in [-0.39, 0.29) is 0 Å². The summed E-state index contributed by atoms with van der Waals surface area (Å²) in [7, 11) is 0. The standard InChI is InChI=1S/C14H23N3O/c1-3-5-15-10-13-4-6-16-14(9-13)17-7-8-18-11-12(17)2/h4,6,9,12,15H,3,5,7-8,10-11H2,1-2H3. The van der Waals surface area contributed by atoms with Crippen LogP contribution in [0.15, 0.2) is 18.3 Å². The smallest absolute Gasteiger partial charge is 0.129 e. The van der Waals surface area contributed by atoms with Gasteiger partial charge in [0.05, 0.1) is 19.3 Å². The fraction of sp³-hybridized carbons (Fsp3) is 0.643. The largest absolute Gasteiger partial charge is 0.377 e. The maximum atomic E-state index is 5.46. The van der Waals surface area contributed by atoms with Gasteiger partial charge in [-0.2, -0.15) is 0 Å². The first-order chi connectivity index (χ1) is 8.81. The van der Waals surface area contributed by atoms with Crippen molar-refractivity contribution in [3.05, 3.63) is 23.9 Å². The van der Waals surface area contributed by atoms with E-state index in [1.165, 1.54) is 12.0 Å². The lowest BCUT2D eigenvalue weighted by Crippen LogP contribution is -2.44. The minimum absolute atomic E-state index is 0.408. The quantitative estimate of drug-likeness (QED) is 0.808. The second-order valence-corrected chi connectivity index (χ2v) is 4.82. The lowest BCUT2D eigenvalue weighted by Gasteiger charge is -2.34. The summed E-state index contributed by atoms with van der Waals surface area (Å²) in [5, 5.41) is 3.42. The van der Waals surface area contributed by atoms with Gasteiger partial charge in [0.2, 0.25) is 0 Å². The molecule has 0 spiro atoms. The fourth-order valence-corrected chi connectivity index (χ4v) is 2.20. The van der Waals surface area contributed by atoms with Crippen LogP contribution >= 0.6 is 0 Å². The summed E-state index contributed by atoms with van der Waals surface area (Å²) in [6.45, 7) is 8.86. The van der Waals surface area contributed by atoms with Crippen LogP contribution in [0.5, 0.6) is 0 Å². The van der Waals surface area contributed by atoms with E-state index in [1.807, 2.05) is 6.20 Å². The summed E-state index contributed by atoms with van der Waals surface area (Å²) in [5.74, 6) is 1.07. The minimum atomic E-state index is 0.408. The maximum absolute atomic E-state index is 5.46. The average molecular weight is 249 g/mol. The Morgan fingerprint density at radius 1 is 1.56 bits per heavy atom. The molecule has 2 rings (SSSR count). The summed E-state index contributed by atoms with van der Waals surface area (Å²) in [6, 6.07) is 4.67. The van der Waals surface area contributed by atoms with Crippen molar-refractivity contribution in [2.75, 3.05) is 31.2 Å². The van der Waals surface area contributed by atoms with Gasteiger partial charge in [0.15, 0.2) is 0 Å². The van der Waals surface area contributed by atoms with E-state index < -0.39 is 0 Å². The van der Waals surface area contributed by atoms with Crippen LogP contribution in [0.1, 0.15) is 25.8 Å². The van der Waals surface area contributed by atoms with Gasteiger partial charge in [-0.1, -0.05) is 6.92 Å². The maximum Gasteiger partial charge on any atom is 0.129 e. The Bertz CT molecular complexity index is 370. The van der Waals surface area contributed by atoms with E-state index in [9.17, 15) is 0 Å². The Hall–Kier alpha value is -1.13. The lowest BCUT2D eigenvalue weighted by molar-refractivity contribution is 0.0985. The molecule has 0 radical (unpaired) electrons. The molecule has 0 saturated carbocycles. The summed E-state index contributed by atoms with van der Waals surface area (Å²) < 4.78 is 5.46. The Labute approximate surface area is 109 Å². The Morgan fingerprint density at radius 2 is 2.44 bits per heavy atom. The Morgan fingerprint density at radius 3 is 3.22 bits per heavy atom. The predicted octanol–water partition coefficient (Wildman–Crippen LogP) is 1.81. The highest BCUT2D eigenvalue weighted by atomic mass is 16.5. The van der Waals surface area contributed by atoms with Crippen LogP contribution in [0.2, 0.25) is 0 Å². The van der Waals surface area contributed by atoms with Gasteiger partial charge in [0.1, 0.15) is 5.82 Å². The molecule has 100 valence electrons. The molecule has 1 N–H and O–H groups in total. The van der Waals surface area contributed by atoms with Crippen LogP contribution < -0.4 is 10.2 Å². The fourth-order valence-electron chi connectivity index (χ4n) is 2.20. The highest BCUT2D eigenvalue weighted by Gasteiger charge is 2.19. The average Bonchev–Trinajstić information content (AvgIpc) is 2.40. The molecular formula is C14H23N3O. The van der Waals surface area contributed by atoms with Gasteiger partial charge < -0.3 is 15.0 Å². The van der Waals surface area contributed by atoms with E-state index >= 15 is 0 Å². The van der Waals surface area contributed by atoms with Crippen molar-refractivity contribution in [2.24, 2.45) is 0 Å². The first kappa shape index (κ1) is 13.3. The molecule has 1 aliphatic heterocycles. The van der Waals surface area contributed by atoms with E-state index in [1.54, 1.807) is 0 Å². The molecule has 4 nitrogen and oxygen atoms in total. The van der Waals surface area contributed by atoms with Gasteiger partial charge in [0.25, 0.3) is 0 Å². The van der Waals surface area contributed by atoms with Crippen LogP contribution in [0.4, 0.5) is 5.82 Å². The topological polar surface area (TPSA) is 37.4 Å². The molecule has 1 saturated heterocycles. The number of pyridine rings is 1. The molecule has 0 bridgehead atoms. The van der Waals surface area contributed by atoms with Gasteiger partial charge in [0, 0.05) is 19.3 Å². The molecule has 1 aromatic heterocycles.